The second-order valence-corrected chi connectivity index (χ2v) is 6.32. The number of benzene rings is 1. The molecular formula is C15H21ClF2N2O2S. The summed E-state index contributed by atoms with van der Waals surface area (Å²) in [4.78, 5) is 12.0. The molecule has 0 spiro atoms. The Morgan fingerprint density at radius 1 is 1.43 bits per heavy atom. The molecule has 1 heterocycles. The molecule has 23 heavy (non-hydrogen) atoms. The Bertz CT molecular complexity index is 485. The van der Waals surface area contributed by atoms with Crippen LogP contribution in [0.1, 0.15) is 24.9 Å². The van der Waals surface area contributed by atoms with Gasteiger partial charge in [-0.15, -0.1) is 12.4 Å². The normalized spacial score (nSPS) is 18.9. The monoisotopic (exact) mass is 366 g/mol. The Kier molecular flexibility index (Phi) is 8.65. The lowest BCUT2D eigenvalue weighted by molar-refractivity contribution is -0.122. The topological polar surface area (TPSA) is 50.4 Å². The van der Waals surface area contributed by atoms with Gasteiger partial charge in [0.1, 0.15) is 5.75 Å². The number of thioether (sulfide) groups is 1. The van der Waals surface area contributed by atoms with Gasteiger partial charge in [-0.25, -0.2) is 0 Å². The van der Waals surface area contributed by atoms with Gasteiger partial charge < -0.3 is 15.4 Å². The number of amides is 1. The summed E-state index contributed by atoms with van der Waals surface area (Å²) in [6, 6.07) is 6.35. The minimum atomic E-state index is -2.83. The standard InChI is InChI=1S/C15H20F2N2O2S.ClH/c1-10(11-2-4-13(5-3-11)21-15(16)17)19-14(20)8-12-9-22-7-6-18-12;/h2-5,10,12,15,18H,6-9H2,1H3,(H,19,20);1H. The fourth-order valence-electron chi connectivity index (χ4n) is 2.30. The molecule has 0 aliphatic carbocycles. The molecule has 2 rings (SSSR count). The van der Waals surface area contributed by atoms with E-state index < -0.39 is 6.61 Å². The van der Waals surface area contributed by atoms with Crippen LogP contribution in [-0.4, -0.2) is 36.6 Å². The zero-order valence-electron chi connectivity index (χ0n) is 12.8. The summed E-state index contributed by atoms with van der Waals surface area (Å²) in [5.74, 6) is 2.13. The van der Waals surface area contributed by atoms with Gasteiger partial charge in [0.05, 0.1) is 6.04 Å². The van der Waals surface area contributed by atoms with E-state index in [1.54, 1.807) is 12.1 Å². The van der Waals surface area contributed by atoms with Crippen molar-refractivity contribution in [2.75, 3.05) is 18.1 Å². The number of hydrogen-bond acceptors (Lipinski definition) is 4. The van der Waals surface area contributed by atoms with E-state index in [0.29, 0.717) is 6.42 Å². The molecular weight excluding hydrogens is 346 g/mol. The van der Waals surface area contributed by atoms with Gasteiger partial charge in [-0.3, -0.25) is 4.79 Å². The van der Waals surface area contributed by atoms with Crippen molar-refractivity contribution in [3.05, 3.63) is 29.8 Å². The summed E-state index contributed by atoms with van der Waals surface area (Å²) in [7, 11) is 0. The lowest BCUT2D eigenvalue weighted by atomic mass is 10.1. The molecule has 8 heteroatoms. The first kappa shape index (κ1) is 20.0. The predicted octanol–water partition coefficient (Wildman–Crippen LogP) is 2.98. The van der Waals surface area contributed by atoms with Crippen molar-refractivity contribution in [2.24, 2.45) is 0 Å². The van der Waals surface area contributed by atoms with Gasteiger partial charge >= 0.3 is 6.61 Å². The maximum absolute atomic E-state index is 12.1. The maximum atomic E-state index is 12.1. The highest BCUT2D eigenvalue weighted by molar-refractivity contribution is 7.99. The van der Waals surface area contributed by atoms with Crippen LogP contribution < -0.4 is 15.4 Å². The Hall–Kier alpha value is -1.05. The second-order valence-electron chi connectivity index (χ2n) is 5.17. The van der Waals surface area contributed by atoms with Crippen LogP contribution in [0.15, 0.2) is 24.3 Å². The molecule has 1 aliphatic rings. The second kappa shape index (κ2) is 9.95. The number of hydrogen-bond donors (Lipinski definition) is 2. The van der Waals surface area contributed by atoms with Crippen LogP contribution in [0.2, 0.25) is 0 Å². The third kappa shape index (κ3) is 6.93. The van der Waals surface area contributed by atoms with Crippen LogP contribution in [0.5, 0.6) is 5.75 Å². The molecule has 0 aromatic heterocycles. The Morgan fingerprint density at radius 2 is 2.13 bits per heavy atom. The molecule has 1 aromatic carbocycles. The van der Waals surface area contributed by atoms with E-state index in [4.69, 9.17) is 0 Å². The summed E-state index contributed by atoms with van der Waals surface area (Å²) in [6.07, 6.45) is 0.448. The van der Waals surface area contributed by atoms with Gasteiger partial charge in [0.2, 0.25) is 5.91 Å². The number of ether oxygens (including phenoxy) is 1. The summed E-state index contributed by atoms with van der Waals surface area (Å²) in [6.45, 7) is -0.0305. The van der Waals surface area contributed by atoms with Crippen LogP contribution in [0.3, 0.4) is 0 Å². The smallest absolute Gasteiger partial charge is 0.387 e. The average Bonchev–Trinajstić information content (AvgIpc) is 2.48. The van der Waals surface area contributed by atoms with E-state index >= 15 is 0 Å². The summed E-state index contributed by atoms with van der Waals surface area (Å²) in [5.41, 5.74) is 0.848. The molecule has 2 atom stereocenters. The van der Waals surface area contributed by atoms with E-state index in [1.165, 1.54) is 12.1 Å². The fourth-order valence-corrected chi connectivity index (χ4v) is 3.25. The van der Waals surface area contributed by atoms with Gasteiger partial charge in [-0.2, -0.15) is 20.5 Å². The highest BCUT2D eigenvalue weighted by Crippen LogP contribution is 2.19. The highest BCUT2D eigenvalue weighted by atomic mass is 35.5. The summed E-state index contributed by atoms with van der Waals surface area (Å²) < 4.78 is 28.5. The average molecular weight is 367 g/mol. The van der Waals surface area contributed by atoms with Gasteiger partial charge in [0, 0.05) is 30.5 Å². The van der Waals surface area contributed by atoms with Gasteiger partial charge in [-0.05, 0) is 24.6 Å². The van der Waals surface area contributed by atoms with Crippen molar-refractivity contribution in [3.8, 4) is 5.75 Å². The molecule has 0 bridgehead atoms. The quantitative estimate of drug-likeness (QED) is 0.812. The lowest BCUT2D eigenvalue weighted by Crippen LogP contribution is -2.41. The number of rotatable bonds is 6. The first-order valence-electron chi connectivity index (χ1n) is 7.20. The molecule has 2 unspecified atom stereocenters. The Morgan fingerprint density at radius 3 is 2.70 bits per heavy atom. The Labute approximate surface area is 145 Å². The van der Waals surface area contributed by atoms with Crippen LogP contribution in [0, 0.1) is 0 Å². The van der Waals surface area contributed by atoms with E-state index in [-0.39, 0.29) is 36.1 Å². The zero-order chi connectivity index (χ0) is 15.9. The first-order valence-corrected chi connectivity index (χ1v) is 8.35. The molecule has 1 aromatic rings. The van der Waals surface area contributed by atoms with Crippen molar-refractivity contribution in [2.45, 2.75) is 32.0 Å². The summed E-state index contributed by atoms with van der Waals surface area (Å²) >= 11 is 1.85. The third-order valence-electron chi connectivity index (χ3n) is 3.41. The predicted molar refractivity (Wildman–Crippen MR) is 90.6 cm³/mol. The minimum absolute atomic E-state index is 0. The number of carbonyl (C=O) groups is 1. The van der Waals surface area contributed by atoms with Crippen LogP contribution in [0.25, 0.3) is 0 Å². The minimum Gasteiger partial charge on any atom is -0.435 e. The molecule has 1 amide bonds. The molecule has 1 fully saturated rings. The number of alkyl halides is 2. The molecule has 130 valence electrons. The molecule has 0 radical (unpaired) electrons. The van der Waals surface area contributed by atoms with Crippen molar-refractivity contribution >= 4 is 30.1 Å². The molecule has 1 aliphatic heterocycles. The first-order chi connectivity index (χ1) is 10.5. The molecule has 4 nitrogen and oxygen atoms in total. The van der Waals surface area contributed by atoms with Crippen molar-refractivity contribution in [1.29, 1.82) is 0 Å². The van der Waals surface area contributed by atoms with Crippen LogP contribution >= 0.6 is 24.2 Å². The number of carbonyl (C=O) groups excluding carboxylic acids is 1. The van der Waals surface area contributed by atoms with E-state index in [1.807, 2.05) is 18.7 Å². The zero-order valence-corrected chi connectivity index (χ0v) is 14.4. The van der Waals surface area contributed by atoms with E-state index in [9.17, 15) is 13.6 Å². The van der Waals surface area contributed by atoms with E-state index in [2.05, 4.69) is 15.4 Å². The number of halogens is 3. The van der Waals surface area contributed by atoms with Crippen LogP contribution in [0.4, 0.5) is 8.78 Å². The molecule has 0 saturated carbocycles. The third-order valence-corrected chi connectivity index (χ3v) is 4.54. The van der Waals surface area contributed by atoms with Gasteiger partial charge in [0.25, 0.3) is 0 Å². The van der Waals surface area contributed by atoms with Crippen LogP contribution in [-0.2, 0) is 4.79 Å². The number of nitrogens with one attached hydrogen (secondary N) is 2. The van der Waals surface area contributed by atoms with Crippen molar-refractivity contribution < 1.29 is 18.3 Å². The molecule has 1 saturated heterocycles. The van der Waals surface area contributed by atoms with Gasteiger partial charge in [0.15, 0.2) is 0 Å². The van der Waals surface area contributed by atoms with E-state index in [0.717, 1.165) is 23.6 Å². The van der Waals surface area contributed by atoms with Gasteiger partial charge in [-0.1, -0.05) is 12.1 Å². The summed E-state index contributed by atoms with van der Waals surface area (Å²) in [5, 5.41) is 6.25. The van der Waals surface area contributed by atoms with Crippen molar-refractivity contribution in [1.82, 2.24) is 10.6 Å². The SMILES string of the molecule is CC(NC(=O)CC1CSCCN1)c1ccc(OC(F)F)cc1.Cl. The largest absolute Gasteiger partial charge is 0.435 e. The maximum Gasteiger partial charge on any atom is 0.387 e. The van der Waals surface area contributed by atoms with Crippen molar-refractivity contribution in [3.63, 3.8) is 0 Å². The highest BCUT2D eigenvalue weighted by Gasteiger charge is 2.18. The fraction of sp³-hybridized carbons (Fsp3) is 0.533. The molecule has 2 N–H and O–H groups in total. The lowest BCUT2D eigenvalue weighted by Gasteiger charge is -2.23. The Balaban J connectivity index is 0.00000264.